The Balaban J connectivity index is 1.86. The molecule has 1 atom stereocenters. The molecule has 1 saturated heterocycles. The van der Waals surface area contributed by atoms with Crippen LogP contribution in [0.15, 0.2) is 29.2 Å². The standard InChI is InChI=1S/C17H23ClN2O5S/c1-13-4-3-9-20(10-13)16(21)12-25-17(22)11-19(2)26(23,24)15-7-5-14(18)6-8-15/h5-8,13H,3-4,9-12H2,1-2H3/t13-/m0/s1. The van der Waals surface area contributed by atoms with Gasteiger partial charge in [-0.25, -0.2) is 8.42 Å². The summed E-state index contributed by atoms with van der Waals surface area (Å²) in [4.78, 5) is 25.7. The number of hydrogen-bond donors (Lipinski definition) is 0. The van der Waals surface area contributed by atoms with Crippen LogP contribution in [-0.4, -0.2) is 62.8 Å². The summed E-state index contributed by atoms with van der Waals surface area (Å²) in [5.41, 5.74) is 0. The van der Waals surface area contributed by atoms with Crippen LogP contribution in [0.2, 0.25) is 5.02 Å². The van der Waals surface area contributed by atoms with Crippen molar-refractivity contribution in [3.05, 3.63) is 29.3 Å². The van der Waals surface area contributed by atoms with Crippen molar-refractivity contribution < 1.29 is 22.7 Å². The van der Waals surface area contributed by atoms with Gasteiger partial charge in [-0.15, -0.1) is 0 Å². The number of likely N-dealkylation sites (N-methyl/N-ethyl adjacent to an activating group) is 1. The molecule has 0 spiro atoms. The van der Waals surface area contributed by atoms with Crippen LogP contribution in [0, 0.1) is 5.92 Å². The first-order valence-electron chi connectivity index (χ1n) is 8.35. The smallest absolute Gasteiger partial charge is 0.321 e. The summed E-state index contributed by atoms with van der Waals surface area (Å²) in [5, 5.41) is 0.413. The Bertz CT molecular complexity index is 751. The molecule has 7 nitrogen and oxygen atoms in total. The number of rotatable bonds is 6. The summed E-state index contributed by atoms with van der Waals surface area (Å²) in [6.07, 6.45) is 2.01. The van der Waals surface area contributed by atoms with Crippen molar-refractivity contribution in [2.75, 3.05) is 33.3 Å². The minimum absolute atomic E-state index is 0.0237. The fraction of sp³-hybridized carbons (Fsp3) is 0.529. The van der Waals surface area contributed by atoms with Gasteiger partial charge in [-0.3, -0.25) is 9.59 Å². The summed E-state index contributed by atoms with van der Waals surface area (Å²) in [5.74, 6) is -0.601. The van der Waals surface area contributed by atoms with E-state index in [1.54, 1.807) is 4.90 Å². The number of nitrogens with zero attached hydrogens (tertiary/aromatic N) is 2. The Kier molecular flexibility index (Phi) is 7.02. The number of benzene rings is 1. The highest BCUT2D eigenvalue weighted by Gasteiger charge is 2.25. The predicted molar refractivity (Wildman–Crippen MR) is 97.2 cm³/mol. The van der Waals surface area contributed by atoms with Crippen LogP contribution in [-0.2, 0) is 24.3 Å². The Labute approximate surface area is 158 Å². The molecule has 1 aliphatic heterocycles. The fourth-order valence-corrected chi connectivity index (χ4v) is 3.99. The third-order valence-corrected chi connectivity index (χ3v) is 6.31. The van der Waals surface area contributed by atoms with Crippen molar-refractivity contribution in [2.24, 2.45) is 5.92 Å². The number of piperidine rings is 1. The SMILES string of the molecule is C[C@H]1CCCN(C(=O)COC(=O)CN(C)S(=O)(=O)c2ccc(Cl)cc2)C1. The molecule has 0 unspecified atom stereocenters. The zero-order valence-corrected chi connectivity index (χ0v) is 16.4. The van der Waals surface area contributed by atoms with Gasteiger partial charge in [0, 0.05) is 25.2 Å². The predicted octanol–water partition coefficient (Wildman–Crippen LogP) is 1.76. The molecule has 0 saturated carbocycles. The number of likely N-dealkylation sites (tertiary alicyclic amines) is 1. The second kappa shape index (κ2) is 8.83. The van der Waals surface area contributed by atoms with Crippen molar-refractivity contribution >= 4 is 33.5 Å². The van der Waals surface area contributed by atoms with Gasteiger partial charge < -0.3 is 9.64 Å². The van der Waals surface area contributed by atoms with E-state index in [9.17, 15) is 18.0 Å². The second-order valence-electron chi connectivity index (χ2n) is 6.46. The molecule has 1 aliphatic rings. The molecular formula is C17H23ClN2O5S. The highest BCUT2D eigenvalue weighted by Crippen LogP contribution is 2.18. The van der Waals surface area contributed by atoms with E-state index in [0.29, 0.717) is 24.0 Å². The number of amides is 1. The molecule has 0 aliphatic carbocycles. The van der Waals surface area contributed by atoms with Crippen LogP contribution in [0.4, 0.5) is 0 Å². The quantitative estimate of drug-likeness (QED) is 0.677. The minimum atomic E-state index is -3.84. The molecule has 1 aromatic rings. The maximum atomic E-state index is 12.4. The molecule has 1 aromatic carbocycles. The molecule has 0 aromatic heterocycles. The largest absolute Gasteiger partial charge is 0.455 e. The van der Waals surface area contributed by atoms with Gasteiger partial charge in [0.05, 0.1) is 4.90 Å². The first kappa shape index (κ1) is 20.7. The number of halogens is 1. The first-order valence-corrected chi connectivity index (χ1v) is 10.2. The number of hydrogen-bond acceptors (Lipinski definition) is 5. The lowest BCUT2D eigenvalue weighted by Gasteiger charge is -2.30. The van der Waals surface area contributed by atoms with Crippen molar-refractivity contribution in [1.82, 2.24) is 9.21 Å². The highest BCUT2D eigenvalue weighted by atomic mass is 35.5. The van der Waals surface area contributed by atoms with Crippen molar-refractivity contribution in [3.8, 4) is 0 Å². The monoisotopic (exact) mass is 402 g/mol. The summed E-state index contributed by atoms with van der Waals surface area (Å²) >= 11 is 5.75. The van der Waals surface area contributed by atoms with Gasteiger partial charge in [-0.05, 0) is 43.0 Å². The molecule has 144 valence electrons. The van der Waals surface area contributed by atoms with Gasteiger partial charge >= 0.3 is 5.97 Å². The van der Waals surface area contributed by atoms with Crippen LogP contribution in [0.25, 0.3) is 0 Å². The summed E-state index contributed by atoms with van der Waals surface area (Å²) in [6.45, 7) is 2.53. The molecule has 9 heteroatoms. The van der Waals surface area contributed by atoms with Crippen LogP contribution in [0.3, 0.4) is 0 Å². The average Bonchev–Trinajstić information content (AvgIpc) is 2.60. The van der Waals surface area contributed by atoms with Gasteiger partial charge in [0.1, 0.15) is 6.54 Å². The normalized spacial score (nSPS) is 18.0. The van der Waals surface area contributed by atoms with Crippen molar-refractivity contribution in [1.29, 1.82) is 0 Å². The van der Waals surface area contributed by atoms with E-state index in [4.69, 9.17) is 16.3 Å². The molecule has 1 heterocycles. The summed E-state index contributed by atoms with van der Waals surface area (Å²) < 4.78 is 30.6. The van der Waals surface area contributed by atoms with E-state index in [1.165, 1.54) is 31.3 Å². The molecule has 1 amide bonds. The third-order valence-electron chi connectivity index (χ3n) is 4.24. The van der Waals surface area contributed by atoms with Gasteiger partial charge in [0.15, 0.2) is 6.61 Å². The molecule has 2 rings (SSSR count). The number of esters is 1. The Morgan fingerprint density at radius 1 is 1.31 bits per heavy atom. The summed E-state index contributed by atoms with van der Waals surface area (Å²) in [6, 6.07) is 5.64. The fourth-order valence-electron chi connectivity index (χ4n) is 2.75. The number of sulfonamides is 1. The Morgan fingerprint density at radius 3 is 2.58 bits per heavy atom. The topological polar surface area (TPSA) is 84.0 Å². The number of carbonyl (C=O) groups excluding carboxylic acids is 2. The van der Waals surface area contributed by atoms with E-state index in [-0.39, 0.29) is 17.4 Å². The second-order valence-corrected chi connectivity index (χ2v) is 8.94. The third kappa shape index (κ3) is 5.43. The van der Waals surface area contributed by atoms with Crippen LogP contribution >= 0.6 is 11.6 Å². The van der Waals surface area contributed by atoms with Crippen LogP contribution in [0.5, 0.6) is 0 Å². The summed E-state index contributed by atoms with van der Waals surface area (Å²) in [7, 11) is -2.56. The average molecular weight is 403 g/mol. The molecular weight excluding hydrogens is 380 g/mol. The zero-order valence-electron chi connectivity index (χ0n) is 14.9. The highest BCUT2D eigenvalue weighted by molar-refractivity contribution is 7.89. The minimum Gasteiger partial charge on any atom is -0.455 e. The van der Waals surface area contributed by atoms with Gasteiger partial charge in [0.25, 0.3) is 5.91 Å². The molecule has 0 bridgehead atoms. The maximum Gasteiger partial charge on any atom is 0.321 e. The number of ether oxygens (including phenoxy) is 1. The van der Waals surface area contributed by atoms with E-state index in [0.717, 1.165) is 17.1 Å². The van der Waals surface area contributed by atoms with E-state index in [2.05, 4.69) is 6.92 Å². The van der Waals surface area contributed by atoms with Crippen LogP contribution < -0.4 is 0 Å². The lowest BCUT2D eigenvalue weighted by molar-refractivity contribution is -0.152. The first-order chi connectivity index (χ1) is 12.2. The molecule has 26 heavy (non-hydrogen) atoms. The number of carbonyl (C=O) groups is 2. The Hall–Kier alpha value is -1.64. The zero-order chi connectivity index (χ0) is 19.3. The molecule has 0 N–H and O–H groups in total. The van der Waals surface area contributed by atoms with Crippen LogP contribution in [0.1, 0.15) is 19.8 Å². The van der Waals surface area contributed by atoms with Crippen molar-refractivity contribution in [2.45, 2.75) is 24.7 Å². The maximum absolute atomic E-state index is 12.4. The van der Waals surface area contributed by atoms with Gasteiger partial charge in [-0.1, -0.05) is 18.5 Å². The van der Waals surface area contributed by atoms with E-state index < -0.39 is 22.5 Å². The Morgan fingerprint density at radius 2 is 1.96 bits per heavy atom. The van der Waals surface area contributed by atoms with E-state index >= 15 is 0 Å². The lowest BCUT2D eigenvalue weighted by atomic mass is 10.0. The molecule has 0 radical (unpaired) electrons. The molecule has 1 fully saturated rings. The van der Waals surface area contributed by atoms with Gasteiger partial charge in [0.2, 0.25) is 10.0 Å². The van der Waals surface area contributed by atoms with E-state index in [1.807, 2.05) is 0 Å². The van der Waals surface area contributed by atoms with Crippen molar-refractivity contribution in [3.63, 3.8) is 0 Å². The van der Waals surface area contributed by atoms with Gasteiger partial charge in [-0.2, -0.15) is 4.31 Å². The lowest BCUT2D eigenvalue weighted by Crippen LogP contribution is -2.42.